The fraction of sp³-hybridized carbons (Fsp3) is 1.00. The van der Waals surface area contributed by atoms with Gasteiger partial charge in [0.1, 0.15) is 0 Å². The Kier molecular flexibility index (Phi) is 4.09. The number of nitrogens with zero attached hydrogens (tertiary/aromatic N) is 1. The monoisotopic (exact) mass is 217 g/mol. The number of hydrogen-bond donors (Lipinski definition) is 0. The summed E-state index contributed by atoms with van der Waals surface area (Å²) < 4.78 is 5.82. The van der Waals surface area contributed by atoms with Crippen molar-refractivity contribution < 1.29 is 4.74 Å². The molecule has 0 amide bonds. The van der Waals surface area contributed by atoms with Gasteiger partial charge in [-0.3, -0.25) is 4.90 Å². The van der Waals surface area contributed by atoms with Crippen molar-refractivity contribution in [2.45, 2.75) is 44.2 Å². The lowest BCUT2D eigenvalue weighted by Crippen LogP contribution is -2.52. The molecule has 1 aliphatic heterocycles. The third kappa shape index (κ3) is 2.41. The highest BCUT2D eigenvalue weighted by Gasteiger charge is 2.33. The molecule has 0 aromatic heterocycles. The van der Waals surface area contributed by atoms with Gasteiger partial charge in [0, 0.05) is 18.5 Å². The Morgan fingerprint density at radius 2 is 2.14 bits per heavy atom. The molecule has 0 radical (unpaired) electrons. The van der Waals surface area contributed by atoms with Crippen LogP contribution in [0.1, 0.15) is 32.1 Å². The lowest BCUT2D eigenvalue weighted by atomic mass is 9.90. The fourth-order valence-corrected chi connectivity index (χ4v) is 2.84. The zero-order valence-electron chi connectivity index (χ0n) is 8.75. The van der Waals surface area contributed by atoms with Gasteiger partial charge in [0.25, 0.3) is 0 Å². The predicted molar refractivity (Wildman–Crippen MR) is 58.9 cm³/mol. The van der Waals surface area contributed by atoms with Crippen molar-refractivity contribution in [1.82, 2.24) is 4.90 Å². The number of ether oxygens (including phenoxy) is 1. The minimum absolute atomic E-state index is 0.521. The molecule has 1 heterocycles. The van der Waals surface area contributed by atoms with Gasteiger partial charge in [0.15, 0.2) is 0 Å². The minimum Gasteiger partial charge on any atom is -0.375 e. The van der Waals surface area contributed by atoms with E-state index < -0.39 is 0 Å². The smallest absolute Gasteiger partial charge is 0.0730 e. The summed E-state index contributed by atoms with van der Waals surface area (Å²) in [6.45, 7) is 3.19. The van der Waals surface area contributed by atoms with E-state index in [1.165, 1.54) is 25.7 Å². The van der Waals surface area contributed by atoms with Crippen molar-refractivity contribution in [3.8, 4) is 0 Å². The molecule has 14 heavy (non-hydrogen) atoms. The van der Waals surface area contributed by atoms with E-state index in [0.717, 1.165) is 32.0 Å². The quantitative estimate of drug-likeness (QED) is 0.673. The normalized spacial score (nSPS) is 34.1. The van der Waals surface area contributed by atoms with Crippen LogP contribution in [0.25, 0.3) is 0 Å². The number of alkyl halides is 1. The minimum atomic E-state index is 0.521. The summed E-state index contributed by atoms with van der Waals surface area (Å²) in [5, 5.41) is 0. The molecule has 1 saturated carbocycles. The first-order valence-electron chi connectivity index (χ1n) is 5.83. The first-order chi connectivity index (χ1) is 6.92. The third-order valence-corrected chi connectivity index (χ3v) is 3.69. The van der Waals surface area contributed by atoms with Crippen LogP contribution in [0.2, 0.25) is 0 Å². The van der Waals surface area contributed by atoms with Crippen LogP contribution in [0.15, 0.2) is 0 Å². The maximum absolute atomic E-state index is 5.82. The second kappa shape index (κ2) is 5.34. The Bertz CT molecular complexity index is 175. The highest BCUT2D eigenvalue weighted by Crippen LogP contribution is 2.28. The van der Waals surface area contributed by atoms with Gasteiger partial charge in [-0.15, -0.1) is 11.6 Å². The average Bonchev–Trinajstić information content (AvgIpc) is 2.26. The van der Waals surface area contributed by atoms with Crippen molar-refractivity contribution >= 4 is 11.6 Å². The number of halogens is 1. The van der Waals surface area contributed by atoms with Gasteiger partial charge in [0.05, 0.1) is 12.7 Å². The molecule has 0 N–H and O–H groups in total. The standard InChI is InChI=1S/C11H20ClNO/c12-6-3-7-13-8-9-14-11-5-2-1-4-10(11)13/h10-11H,1-9H2. The topological polar surface area (TPSA) is 12.5 Å². The summed E-state index contributed by atoms with van der Waals surface area (Å²) >= 11 is 5.74. The number of morpholine rings is 1. The van der Waals surface area contributed by atoms with Crippen LogP contribution in [0.3, 0.4) is 0 Å². The molecule has 3 heteroatoms. The van der Waals surface area contributed by atoms with E-state index in [9.17, 15) is 0 Å². The van der Waals surface area contributed by atoms with Crippen LogP contribution in [0.4, 0.5) is 0 Å². The first kappa shape index (κ1) is 10.7. The summed E-state index contributed by atoms with van der Waals surface area (Å²) in [6, 6.07) is 0.695. The Labute approximate surface area is 91.6 Å². The van der Waals surface area contributed by atoms with E-state index in [1.807, 2.05) is 0 Å². The van der Waals surface area contributed by atoms with E-state index in [4.69, 9.17) is 16.3 Å². The van der Waals surface area contributed by atoms with Gasteiger partial charge >= 0.3 is 0 Å². The van der Waals surface area contributed by atoms with Crippen molar-refractivity contribution in [3.63, 3.8) is 0 Å². The van der Waals surface area contributed by atoms with E-state index >= 15 is 0 Å². The third-order valence-electron chi connectivity index (χ3n) is 3.43. The molecule has 2 nitrogen and oxygen atoms in total. The van der Waals surface area contributed by atoms with Gasteiger partial charge in [-0.25, -0.2) is 0 Å². The average molecular weight is 218 g/mol. The Morgan fingerprint density at radius 3 is 3.00 bits per heavy atom. The molecule has 2 rings (SSSR count). The molecule has 0 aromatic carbocycles. The number of fused-ring (bicyclic) bond motifs is 1. The molecule has 2 unspecified atom stereocenters. The van der Waals surface area contributed by atoms with Gasteiger partial charge < -0.3 is 4.74 Å². The van der Waals surface area contributed by atoms with Crippen molar-refractivity contribution in [2.24, 2.45) is 0 Å². The maximum atomic E-state index is 5.82. The fourth-order valence-electron chi connectivity index (χ4n) is 2.72. The Morgan fingerprint density at radius 1 is 1.29 bits per heavy atom. The highest BCUT2D eigenvalue weighted by atomic mass is 35.5. The lowest BCUT2D eigenvalue weighted by Gasteiger charge is -2.43. The van der Waals surface area contributed by atoms with Crippen LogP contribution in [-0.2, 0) is 4.74 Å². The lowest BCUT2D eigenvalue weighted by molar-refractivity contribution is -0.0877. The molecule has 2 atom stereocenters. The van der Waals surface area contributed by atoms with Crippen LogP contribution < -0.4 is 0 Å². The van der Waals surface area contributed by atoms with Crippen molar-refractivity contribution in [2.75, 3.05) is 25.6 Å². The van der Waals surface area contributed by atoms with Crippen LogP contribution in [0.5, 0.6) is 0 Å². The molecular weight excluding hydrogens is 198 g/mol. The molecule has 0 aromatic rings. The highest BCUT2D eigenvalue weighted by molar-refractivity contribution is 6.17. The summed E-state index contributed by atoms with van der Waals surface area (Å²) in [7, 11) is 0. The molecule has 1 aliphatic carbocycles. The molecule has 0 spiro atoms. The molecule has 1 saturated heterocycles. The van der Waals surface area contributed by atoms with Gasteiger partial charge in [-0.2, -0.15) is 0 Å². The van der Waals surface area contributed by atoms with Crippen LogP contribution in [0, 0.1) is 0 Å². The van der Waals surface area contributed by atoms with Crippen molar-refractivity contribution in [1.29, 1.82) is 0 Å². The maximum Gasteiger partial charge on any atom is 0.0730 e. The van der Waals surface area contributed by atoms with Crippen molar-refractivity contribution in [3.05, 3.63) is 0 Å². The zero-order valence-corrected chi connectivity index (χ0v) is 9.51. The molecule has 0 bridgehead atoms. The summed E-state index contributed by atoms with van der Waals surface area (Å²) in [5.74, 6) is 0.786. The summed E-state index contributed by atoms with van der Waals surface area (Å²) in [4.78, 5) is 2.59. The Hall–Kier alpha value is 0.210. The molecular formula is C11H20ClNO. The molecule has 2 aliphatic rings. The van der Waals surface area contributed by atoms with Gasteiger partial charge in [-0.05, 0) is 25.8 Å². The van der Waals surface area contributed by atoms with E-state index in [1.54, 1.807) is 0 Å². The van der Waals surface area contributed by atoms with E-state index in [2.05, 4.69) is 4.90 Å². The second-order valence-electron chi connectivity index (χ2n) is 4.34. The summed E-state index contributed by atoms with van der Waals surface area (Å²) in [5.41, 5.74) is 0. The molecule has 82 valence electrons. The Balaban J connectivity index is 1.88. The van der Waals surface area contributed by atoms with Crippen LogP contribution >= 0.6 is 11.6 Å². The largest absolute Gasteiger partial charge is 0.375 e. The van der Waals surface area contributed by atoms with E-state index in [0.29, 0.717) is 12.1 Å². The molecule has 2 fully saturated rings. The first-order valence-corrected chi connectivity index (χ1v) is 6.37. The van der Waals surface area contributed by atoms with Gasteiger partial charge in [-0.1, -0.05) is 12.8 Å². The summed E-state index contributed by atoms with van der Waals surface area (Å²) in [6.07, 6.45) is 6.96. The number of hydrogen-bond acceptors (Lipinski definition) is 2. The predicted octanol–water partition coefficient (Wildman–Crippen LogP) is 2.26. The zero-order chi connectivity index (χ0) is 9.80. The second-order valence-corrected chi connectivity index (χ2v) is 4.72. The number of rotatable bonds is 3. The van der Waals surface area contributed by atoms with Crippen LogP contribution in [-0.4, -0.2) is 42.6 Å². The SMILES string of the molecule is ClCCCN1CCOC2CCCCC21. The van der Waals surface area contributed by atoms with E-state index in [-0.39, 0.29) is 0 Å². The van der Waals surface area contributed by atoms with Gasteiger partial charge in [0.2, 0.25) is 0 Å².